The Labute approximate surface area is 151 Å². The summed E-state index contributed by atoms with van der Waals surface area (Å²) in [6.45, 7) is 1.66. The summed E-state index contributed by atoms with van der Waals surface area (Å²) < 4.78 is 30.9. The normalized spacial score (nSPS) is 11.3. The zero-order valence-corrected chi connectivity index (χ0v) is 15.0. The van der Waals surface area contributed by atoms with E-state index in [4.69, 9.17) is 4.52 Å². The molecule has 0 aliphatic carbocycles. The summed E-state index contributed by atoms with van der Waals surface area (Å²) in [6.07, 6.45) is 0. The Bertz CT molecular complexity index is 1030. The van der Waals surface area contributed by atoms with Crippen LogP contribution in [0.3, 0.4) is 0 Å². The van der Waals surface area contributed by atoms with Gasteiger partial charge in [-0.15, -0.1) is 0 Å². The van der Waals surface area contributed by atoms with Gasteiger partial charge >= 0.3 is 0 Å². The minimum atomic E-state index is -3.52. The molecule has 0 saturated carbocycles. The molecule has 0 fully saturated rings. The van der Waals surface area contributed by atoms with Crippen molar-refractivity contribution in [3.8, 4) is 11.3 Å². The topological polar surface area (TPSA) is 101 Å². The number of carbonyl (C=O) groups is 1. The number of amides is 1. The molecular formula is C18H17N3O4S. The van der Waals surface area contributed by atoms with E-state index in [-0.39, 0.29) is 10.8 Å². The molecule has 0 spiro atoms. The van der Waals surface area contributed by atoms with Gasteiger partial charge in [0, 0.05) is 11.3 Å². The molecule has 0 unspecified atom stereocenters. The fourth-order valence-corrected chi connectivity index (χ4v) is 3.19. The highest BCUT2D eigenvalue weighted by Crippen LogP contribution is 2.26. The number of hydrogen-bond acceptors (Lipinski definition) is 5. The largest absolute Gasteiger partial charge is 0.360 e. The summed E-state index contributed by atoms with van der Waals surface area (Å²) in [5.41, 5.74) is 2.02. The predicted molar refractivity (Wildman–Crippen MR) is 97.3 cm³/mol. The molecule has 8 heteroatoms. The third-order valence-corrected chi connectivity index (χ3v) is 5.26. The minimum absolute atomic E-state index is 0.115. The number of benzene rings is 2. The van der Waals surface area contributed by atoms with Gasteiger partial charge in [0.2, 0.25) is 10.0 Å². The van der Waals surface area contributed by atoms with Crippen molar-refractivity contribution < 1.29 is 17.7 Å². The second kappa shape index (κ2) is 7.11. The monoisotopic (exact) mass is 371 g/mol. The van der Waals surface area contributed by atoms with Crippen LogP contribution >= 0.6 is 0 Å². The summed E-state index contributed by atoms with van der Waals surface area (Å²) in [5.74, 6) is 0.0163. The van der Waals surface area contributed by atoms with E-state index in [1.165, 1.54) is 31.3 Å². The van der Waals surface area contributed by atoms with Crippen molar-refractivity contribution >= 4 is 21.6 Å². The molecule has 2 N–H and O–H groups in total. The van der Waals surface area contributed by atoms with Gasteiger partial charge in [-0.2, -0.15) is 0 Å². The number of sulfonamides is 1. The summed E-state index contributed by atoms with van der Waals surface area (Å²) in [4.78, 5) is 12.8. The summed E-state index contributed by atoms with van der Waals surface area (Å²) in [6, 6.07) is 15.1. The number of hydrogen-bond donors (Lipinski definition) is 2. The quantitative estimate of drug-likeness (QED) is 0.718. The maximum Gasteiger partial charge on any atom is 0.261 e. The number of carbonyl (C=O) groups excluding carboxylic acids is 1. The number of nitrogens with zero attached hydrogens (tertiary/aromatic N) is 1. The summed E-state index contributed by atoms with van der Waals surface area (Å²) in [5, 5.41) is 6.72. The van der Waals surface area contributed by atoms with Crippen molar-refractivity contribution in [3.05, 3.63) is 65.9 Å². The molecule has 3 aromatic rings. The van der Waals surface area contributed by atoms with Crippen LogP contribution < -0.4 is 10.0 Å². The molecule has 0 radical (unpaired) electrons. The van der Waals surface area contributed by atoms with Gasteiger partial charge in [0.15, 0.2) is 0 Å². The molecule has 0 atom stereocenters. The van der Waals surface area contributed by atoms with Gasteiger partial charge < -0.3 is 9.84 Å². The van der Waals surface area contributed by atoms with E-state index in [1.54, 1.807) is 6.92 Å². The molecule has 26 heavy (non-hydrogen) atoms. The van der Waals surface area contributed by atoms with E-state index in [1.807, 2.05) is 30.3 Å². The first-order chi connectivity index (χ1) is 12.4. The molecule has 7 nitrogen and oxygen atoms in total. The number of anilines is 1. The molecule has 0 aliphatic heterocycles. The van der Waals surface area contributed by atoms with E-state index >= 15 is 0 Å². The fourth-order valence-electron chi connectivity index (χ4n) is 2.46. The number of rotatable bonds is 5. The molecule has 0 bridgehead atoms. The number of nitrogens with one attached hydrogen (secondary N) is 2. The molecule has 0 saturated heterocycles. The van der Waals surface area contributed by atoms with Crippen molar-refractivity contribution in [3.63, 3.8) is 0 Å². The zero-order chi connectivity index (χ0) is 18.7. The van der Waals surface area contributed by atoms with Gasteiger partial charge in [0.25, 0.3) is 5.91 Å². The van der Waals surface area contributed by atoms with Crippen LogP contribution in [0, 0.1) is 6.92 Å². The molecule has 3 rings (SSSR count). The van der Waals surface area contributed by atoms with E-state index in [2.05, 4.69) is 15.2 Å². The van der Waals surface area contributed by atoms with Gasteiger partial charge in [-0.05, 0) is 38.2 Å². The Balaban J connectivity index is 1.87. The summed E-state index contributed by atoms with van der Waals surface area (Å²) in [7, 11) is -2.19. The molecular weight excluding hydrogens is 354 g/mol. The van der Waals surface area contributed by atoms with E-state index in [0.29, 0.717) is 22.7 Å². The van der Waals surface area contributed by atoms with E-state index in [0.717, 1.165) is 5.56 Å². The molecule has 1 aromatic heterocycles. The van der Waals surface area contributed by atoms with Crippen molar-refractivity contribution in [2.24, 2.45) is 0 Å². The standard InChI is InChI=1S/C18H17N3O4S/c1-12-16(17(21-25-12)13-6-4-3-5-7-13)18(22)20-14-8-10-15(11-9-14)26(23,24)19-2/h3-11,19H,1-2H3,(H,20,22). The maximum atomic E-state index is 12.7. The third kappa shape index (κ3) is 3.51. The number of aryl methyl sites for hydroxylation is 1. The summed E-state index contributed by atoms with van der Waals surface area (Å²) >= 11 is 0. The third-order valence-electron chi connectivity index (χ3n) is 3.83. The SMILES string of the molecule is CNS(=O)(=O)c1ccc(NC(=O)c2c(-c3ccccc3)noc2C)cc1. The van der Waals surface area contributed by atoms with Crippen molar-refractivity contribution in [2.75, 3.05) is 12.4 Å². The highest BCUT2D eigenvalue weighted by molar-refractivity contribution is 7.89. The maximum absolute atomic E-state index is 12.7. The lowest BCUT2D eigenvalue weighted by atomic mass is 10.1. The van der Waals surface area contributed by atoms with Crippen molar-refractivity contribution in [1.82, 2.24) is 9.88 Å². The Hall–Kier alpha value is -2.97. The fraction of sp³-hybridized carbons (Fsp3) is 0.111. The zero-order valence-electron chi connectivity index (χ0n) is 14.2. The Morgan fingerprint density at radius 1 is 1.04 bits per heavy atom. The van der Waals surface area contributed by atoms with Crippen LogP contribution in [0.15, 0.2) is 64.0 Å². The van der Waals surface area contributed by atoms with Crippen LogP contribution in [-0.4, -0.2) is 26.5 Å². The predicted octanol–water partition coefficient (Wildman–Crippen LogP) is 2.81. The van der Waals surface area contributed by atoms with Crippen LogP contribution in [0.1, 0.15) is 16.1 Å². The van der Waals surface area contributed by atoms with Gasteiger partial charge in [0.1, 0.15) is 17.0 Å². The Kier molecular flexibility index (Phi) is 4.88. The van der Waals surface area contributed by atoms with Crippen LogP contribution in [0.5, 0.6) is 0 Å². The lowest BCUT2D eigenvalue weighted by molar-refractivity contribution is 0.102. The average molecular weight is 371 g/mol. The molecule has 1 heterocycles. The second-order valence-electron chi connectivity index (χ2n) is 5.51. The van der Waals surface area contributed by atoms with Crippen LogP contribution in [0.2, 0.25) is 0 Å². The molecule has 1 amide bonds. The average Bonchev–Trinajstić information content (AvgIpc) is 3.04. The van der Waals surface area contributed by atoms with E-state index in [9.17, 15) is 13.2 Å². The van der Waals surface area contributed by atoms with Crippen LogP contribution in [0.4, 0.5) is 5.69 Å². The lowest BCUT2D eigenvalue weighted by Crippen LogP contribution is -2.18. The lowest BCUT2D eigenvalue weighted by Gasteiger charge is -2.07. The first-order valence-corrected chi connectivity index (χ1v) is 9.27. The highest BCUT2D eigenvalue weighted by Gasteiger charge is 2.21. The first-order valence-electron chi connectivity index (χ1n) is 7.79. The van der Waals surface area contributed by atoms with Crippen molar-refractivity contribution in [2.45, 2.75) is 11.8 Å². The van der Waals surface area contributed by atoms with Gasteiger partial charge in [-0.1, -0.05) is 35.5 Å². The van der Waals surface area contributed by atoms with Gasteiger partial charge in [-0.3, -0.25) is 4.79 Å². The Morgan fingerprint density at radius 3 is 2.31 bits per heavy atom. The second-order valence-corrected chi connectivity index (χ2v) is 7.40. The molecule has 2 aromatic carbocycles. The molecule has 134 valence electrons. The van der Waals surface area contributed by atoms with Gasteiger partial charge in [-0.25, -0.2) is 13.1 Å². The van der Waals surface area contributed by atoms with Crippen LogP contribution in [0.25, 0.3) is 11.3 Å². The van der Waals surface area contributed by atoms with Crippen molar-refractivity contribution in [1.29, 1.82) is 0 Å². The highest BCUT2D eigenvalue weighted by atomic mass is 32.2. The van der Waals surface area contributed by atoms with E-state index < -0.39 is 10.0 Å². The first kappa shape index (κ1) is 17.8. The molecule has 0 aliphatic rings. The minimum Gasteiger partial charge on any atom is -0.360 e. The smallest absolute Gasteiger partial charge is 0.261 e. The number of aromatic nitrogens is 1. The van der Waals surface area contributed by atoms with Gasteiger partial charge in [0.05, 0.1) is 4.90 Å². The van der Waals surface area contributed by atoms with Crippen LogP contribution in [-0.2, 0) is 10.0 Å². The Morgan fingerprint density at radius 2 is 1.69 bits per heavy atom.